The fraction of sp³-hybridized carbons (Fsp3) is 0.818. The van der Waals surface area contributed by atoms with Crippen LogP contribution in [0.4, 0.5) is 4.79 Å². The summed E-state index contributed by atoms with van der Waals surface area (Å²) in [5, 5.41) is 5.25. The van der Waals surface area contributed by atoms with E-state index in [1.807, 2.05) is 18.7 Å². The van der Waals surface area contributed by atoms with Gasteiger partial charge in [-0.3, -0.25) is 4.79 Å². The number of nitrogens with zero attached hydrogens (tertiary/aromatic N) is 1. The smallest absolute Gasteiger partial charge is 0.315 e. The van der Waals surface area contributed by atoms with Crippen molar-refractivity contribution in [1.29, 1.82) is 0 Å². The number of carbonyl (C=O) groups is 2. The van der Waals surface area contributed by atoms with Crippen molar-refractivity contribution < 1.29 is 9.59 Å². The first-order valence-electron chi connectivity index (χ1n) is 5.91. The molecule has 1 heterocycles. The van der Waals surface area contributed by atoms with Crippen molar-refractivity contribution in [1.82, 2.24) is 15.5 Å². The first kappa shape index (κ1) is 12.8. The first-order chi connectivity index (χ1) is 7.59. The number of piperidine rings is 1. The summed E-state index contributed by atoms with van der Waals surface area (Å²) in [6.45, 7) is 5.51. The zero-order valence-electron chi connectivity index (χ0n) is 10.1. The van der Waals surface area contributed by atoms with Gasteiger partial charge in [0.1, 0.15) is 0 Å². The average Bonchev–Trinajstić information content (AvgIpc) is 2.26. The highest BCUT2D eigenvalue weighted by molar-refractivity contribution is 5.84. The monoisotopic (exact) mass is 227 g/mol. The molecule has 1 saturated heterocycles. The van der Waals surface area contributed by atoms with Gasteiger partial charge in [-0.25, -0.2) is 4.79 Å². The Hall–Kier alpha value is -1.26. The van der Waals surface area contributed by atoms with E-state index >= 15 is 0 Å². The van der Waals surface area contributed by atoms with Crippen LogP contribution in [0.1, 0.15) is 33.1 Å². The van der Waals surface area contributed by atoms with Crippen LogP contribution >= 0.6 is 0 Å². The highest BCUT2D eigenvalue weighted by Gasteiger charge is 2.16. The van der Waals surface area contributed by atoms with E-state index in [0.29, 0.717) is 0 Å². The zero-order valence-corrected chi connectivity index (χ0v) is 10.1. The third-order valence-corrected chi connectivity index (χ3v) is 2.53. The van der Waals surface area contributed by atoms with Crippen LogP contribution in [0, 0.1) is 0 Å². The van der Waals surface area contributed by atoms with Gasteiger partial charge in [0.15, 0.2) is 0 Å². The number of hydrogen-bond acceptors (Lipinski definition) is 2. The molecule has 0 radical (unpaired) electrons. The predicted molar refractivity (Wildman–Crippen MR) is 62.1 cm³/mol. The minimum absolute atomic E-state index is 0.0126. The maximum absolute atomic E-state index is 11.7. The second kappa shape index (κ2) is 6.35. The molecule has 1 fully saturated rings. The minimum Gasteiger partial charge on any atom is -0.341 e. The van der Waals surface area contributed by atoms with E-state index in [2.05, 4.69) is 10.6 Å². The van der Waals surface area contributed by atoms with Gasteiger partial charge in [-0.15, -0.1) is 0 Å². The van der Waals surface area contributed by atoms with Crippen LogP contribution in [0.5, 0.6) is 0 Å². The Kier molecular flexibility index (Phi) is 5.08. The molecule has 1 aliphatic heterocycles. The van der Waals surface area contributed by atoms with Gasteiger partial charge in [0.2, 0.25) is 5.91 Å². The first-order valence-corrected chi connectivity index (χ1v) is 5.91. The lowest BCUT2D eigenvalue weighted by molar-refractivity contribution is -0.130. The van der Waals surface area contributed by atoms with Gasteiger partial charge < -0.3 is 15.5 Å². The molecule has 92 valence electrons. The van der Waals surface area contributed by atoms with Crippen LogP contribution in [0.15, 0.2) is 0 Å². The van der Waals surface area contributed by atoms with Gasteiger partial charge in [-0.1, -0.05) is 0 Å². The number of amides is 3. The number of carbonyl (C=O) groups excluding carboxylic acids is 2. The standard InChI is InChI=1S/C11H21N3O2/c1-9(2)13-11(16)12-8-10(15)14-6-4-3-5-7-14/h9H,3-8H2,1-2H3,(H2,12,13,16). The van der Waals surface area contributed by atoms with Crippen LogP contribution in [-0.2, 0) is 4.79 Å². The van der Waals surface area contributed by atoms with Crippen molar-refractivity contribution in [2.24, 2.45) is 0 Å². The number of nitrogens with one attached hydrogen (secondary N) is 2. The van der Waals surface area contributed by atoms with E-state index in [9.17, 15) is 9.59 Å². The maximum Gasteiger partial charge on any atom is 0.315 e. The normalized spacial score (nSPS) is 16.1. The molecular formula is C11H21N3O2. The van der Waals surface area contributed by atoms with E-state index in [0.717, 1.165) is 25.9 Å². The Bertz CT molecular complexity index is 248. The topological polar surface area (TPSA) is 61.4 Å². The average molecular weight is 227 g/mol. The summed E-state index contributed by atoms with van der Waals surface area (Å²) in [4.78, 5) is 24.7. The van der Waals surface area contributed by atoms with Crippen LogP contribution in [0.2, 0.25) is 0 Å². The second-order valence-corrected chi connectivity index (χ2v) is 4.42. The largest absolute Gasteiger partial charge is 0.341 e. The van der Waals surface area contributed by atoms with Crippen LogP contribution < -0.4 is 10.6 Å². The van der Waals surface area contributed by atoms with Crippen molar-refractivity contribution >= 4 is 11.9 Å². The summed E-state index contributed by atoms with van der Waals surface area (Å²) in [5.41, 5.74) is 0. The lowest BCUT2D eigenvalue weighted by atomic mass is 10.1. The number of rotatable bonds is 3. The molecule has 0 aromatic rings. The summed E-state index contributed by atoms with van der Waals surface area (Å²) in [7, 11) is 0. The van der Waals surface area contributed by atoms with E-state index in [1.54, 1.807) is 0 Å². The van der Waals surface area contributed by atoms with Gasteiger partial charge >= 0.3 is 6.03 Å². The molecule has 0 bridgehead atoms. The molecule has 1 rings (SSSR count). The molecule has 0 aromatic heterocycles. The van der Waals surface area contributed by atoms with Crippen molar-refractivity contribution in [2.45, 2.75) is 39.2 Å². The van der Waals surface area contributed by atoms with Crippen molar-refractivity contribution in [3.05, 3.63) is 0 Å². The minimum atomic E-state index is -0.277. The molecule has 5 nitrogen and oxygen atoms in total. The molecule has 0 aromatic carbocycles. The van der Waals surface area contributed by atoms with Crippen LogP contribution in [0.3, 0.4) is 0 Å². The van der Waals surface area contributed by atoms with Crippen LogP contribution in [-0.4, -0.2) is 42.5 Å². The van der Waals surface area contributed by atoms with Crippen molar-refractivity contribution in [2.75, 3.05) is 19.6 Å². The molecule has 5 heteroatoms. The second-order valence-electron chi connectivity index (χ2n) is 4.42. The molecule has 2 N–H and O–H groups in total. The highest BCUT2D eigenvalue weighted by Crippen LogP contribution is 2.07. The van der Waals surface area contributed by atoms with Crippen molar-refractivity contribution in [3.8, 4) is 0 Å². The van der Waals surface area contributed by atoms with Crippen molar-refractivity contribution in [3.63, 3.8) is 0 Å². The molecule has 16 heavy (non-hydrogen) atoms. The molecule has 3 amide bonds. The summed E-state index contributed by atoms with van der Waals surface area (Å²) in [6.07, 6.45) is 3.35. The van der Waals surface area contributed by atoms with E-state index in [-0.39, 0.29) is 24.5 Å². The molecule has 0 atom stereocenters. The van der Waals surface area contributed by atoms with Gasteiger partial charge in [0.05, 0.1) is 6.54 Å². The summed E-state index contributed by atoms with van der Waals surface area (Å²) >= 11 is 0. The lowest BCUT2D eigenvalue weighted by Crippen LogP contribution is -2.46. The molecule has 1 aliphatic rings. The maximum atomic E-state index is 11.7. The van der Waals surface area contributed by atoms with Crippen LogP contribution in [0.25, 0.3) is 0 Å². The molecular weight excluding hydrogens is 206 g/mol. The fourth-order valence-electron chi connectivity index (χ4n) is 1.72. The Labute approximate surface area is 96.6 Å². The van der Waals surface area contributed by atoms with Gasteiger partial charge in [0, 0.05) is 19.1 Å². The third kappa shape index (κ3) is 4.51. The third-order valence-electron chi connectivity index (χ3n) is 2.53. The zero-order chi connectivity index (χ0) is 12.0. The Balaban J connectivity index is 2.21. The predicted octanol–water partition coefficient (Wildman–Crippen LogP) is 0.706. The Morgan fingerprint density at radius 2 is 1.81 bits per heavy atom. The Morgan fingerprint density at radius 1 is 1.19 bits per heavy atom. The number of likely N-dealkylation sites (tertiary alicyclic amines) is 1. The summed E-state index contributed by atoms with van der Waals surface area (Å²) in [5.74, 6) is 0.0126. The molecule has 0 spiro atoms. The summed E-state index contributed by atoms with van der Waals surface area (Å²) in [6, 6.07) is -0.189. The number of urea groups is 1. The quantitative estimate of drug-likeness (QED) is 0.746. The number of hydrogen-bond donors (Lipinski definition) is 2. The SMILES string of the molecule is CC(C)NC(=O)NCC(=O)N1CCCCC1. The lowest BCUT2D eigenvalue weighted by Gasteiger charge is -2.26. The van der Waals surface area contributed by atoms with Gasteiger partial charge in [-0.05, 0) is 33.1 Å². The highest BCUT2D eigenvalue weighted by atomic mass is 16.2. The van der Waals surface area contributed by atoms with Gasteiger partial charge in [0.25, 0.3) is 0 Å². The fourth-order valence-corrected chi connectivity index (χ4v) is 1.72. The van der Waals surface area contributed by atoms with E-state index in [4.69, 9.17) is 0 Å². The van der Waals surface area contributed by atoms with E-state index in [1.165, 1.54) is 6.42 Å². The van der Waals surface area contributed by atoms with Gasteiger partial charge in [-0.2, -0.15) is 0 Å². The molecule has 0 unspecified atom stereocenters. The Morgan fingerprint density at radius 3 is 2.38 bits per heavy atom. The molecule has 0 saturated carbocycles. The molecule has 0 aliphatic carbocycles. The summed E-state index contributed by atoms with van der Waals surface area (Å²) < 4.78 is 0. The van der Waals surface area contributed by atoms with E-state index < -0.39 is 0 Å².